The second-order valence-electron chi connectivity index (χ2n) is 6.74. The molecule has 2 aliphatic heterocycles. The van der Waals surface area contributed by atoms with Crippen LogP contribution in [0.5, 0.6) is 5.75 Å². The molecule has 0 amide bonds. The third-order valence-corrected chi connectivity index (χ3v) is 7.87. The van der Waals surface area contributed by atoms with Crippen molar-refractivity contribution in [3.8, 4) is 5.75 Å². The molecule has 4 rings (SSSR count). The van der Waals surface area contributed by atoms with E-state index in [2.05, 4.69) is 15.5 Å². The average molecular weight is 481 g/mol. The first kappa shape index (κ1) is 22.1. The van der Waals surface area contributed by atoms with Crippen LogP contribution in [0.2, 0.25) is 5.02 Å². The van der Waals surface area contributed by atoms with Gasteiger partial charge >= 0.3 is 0 Å². The quantitative estimate of drug-likeness (QED) is 0.707. The molecule has 1 fully saturated rings. The monoisotopic (exact) mass is 480 g/mol. The molecule has 8 nitrogen and oxygen atoms in total. The van der Waals surface area contributed by atoms with Gasteiger partial charge in [0.05, 0.1) is 41.6 Å². The number of thioether (sulfide) groups is 1. The van der Waals surface area contributed by atoms with Gasteiger partial charge in [0, 0.05) is 24.4 Å². The molecule has 0 spiro atoms. The first-order valence-corrected chi connectivity index (χ1v) is 12.3. The number of sulfonamides is 1. The van der Waals surface area contributed by atoms with Crippen molar-refractivity contribution < 1.29 is 17.9 Å². The van der Waals surface area contributed by atoms with Crippen molar-refractivity contribution in [2.75, 3.05) is 39.2 Å². The SMILES string of the molecule is COc1cccc(C2=NNC(=Nc3cc(S(=O)(=O)N4CCOCC4)ccc3Cl)SC2)c1. The van der Waals surface area contributed by atoms with Gasteiger partial charge in [-0.05, 0) is 30.3 Å². The number of halogens is 1. The van der Waals surface area contributed by atoms with Crippen LogP contribution < -0.4 is 10.2 Å². The highest BCUT2D eigenvalue weighted by Crippen LogP contribution is 2.31. The van der Waals surface area contributed by atoms with Crippen molar-refractivity contribution >= 4 is 50.0 Å². The van der Waals surface area contributed by atoms with Gasteiger partial charge in [-0.15, -0.1) is 0 Å². The molecule has 2 aliphatic rings. The lowest BCUT2D eigenvalue weighted by molar-refractivity contribution is 0.0730. The Kier molecular flexibility index (Phi) is 6.83. The molecule has 0 radical (unpaired) electrons. The van der Waals surface area contributed by atoms with Crippen molar-refractivity contribution in [3.63, 3.8) is 0 Å². The van der Waals surface area contributed by atoms with E-state index in [0.29, 0.717) is 47.9 Å². The van der Waals surface area contributed by atoms with Gasteiger partial charge in [-0.3, -0.25) is 5.43 Å². The van der Waals surface area contributed by atoms with Crippen LogP contribution in [0.3, 0.4) is 0 Å². The number of hydrazone groups is 1. The lowest BCUT2D eigenvalue weighted by Gasteiger charge is -2.26. The number of methoxy groups -OCH3 is 1. The Labute approximate surface area is 190 Å². The maximum atomic E-state index is 12.9. The average Bonchev–Trinajstić information content (AvgIpc) is 2.81. The van der Waals surface area contributed by atoms with Gasteiger partial charge in [0.1, 0.15) is 5.75 Å². The number of amidine groups is 1. The Balaban J connectivity index is 1.55. The number of rotatable bonds is 5. The minimum Gasteiger partial charge on any atom is -0.497 e. The van der Waals surface area contributed by atoms with Crippen molar-refractivity contribution in [3.05, 3.63) is 53.1 Å². The molecule has 0 aliphatic carbocycles. The molecule has 2 heterocycles. The molecular formula is C20H21ClN4O4S2. The normalized spacial score (nSPS) is 19.0. The lowest BCUT2D eigenvalue weighted by atomic mass is 10.1. The highest BCUT2D eigenvalue weighted by molar-refractivity contribution is 8.14. The minimum absolute atomic E-state index is 0.152. The summed E-state index contributed by atoms with van der Waals surface area (Å²) in [6.07, 6.45) is 0. The van der Waals surface area contributed by atoms with Crippen LogP contribution in [-0.2, 0) is 14.8 Å². The fraction of sp³-hybridized carbons (Fsp3) is 0.300. The number of nitrogens with zero attached hydrogens (tertiary/aromatic N) is 3. The van der Waals surface area contributed by atoms with Crippen LogP contribution in [0.25, 0.3) is 0 Å². The molecule has 1 N–H and O–H groups in total. The van der Waals surface area contributed by atoms with E-state index in [-0.39, 0.29) is 4.90 Å². The topological polar surface area (TPSA) is 92.6 Å². The van der Waals surface area contributed by atoms with Crippen molar-refractivity contribution in [2.24, 2.45) is 10.1 Å². The van der Waals surface area contributed by atoms with Gasteiger partial charge in [0.25, 0.3) is 0 Å². The summed E-state index contributed by atoms with van der Waals surface area (Å²) >= 11 is 7.74. The summed E-state index contributed by atoms with van der Waals surface area (Å²) in [5.74, 6) is 1.36. The van der Waals surface area contributed by atoms with Crippen LogP contribution in [0.15, 0.2) is 57.5 Å². The van der Waals surface area contributed by atoms with E-state index in [1.54, 1.807) is 13.2 Å². The number of benzene rings is 2. The van der Waals surface area contributed by atoms with E-state index in [1.807, 2.05) is 24.3 Å². The molecule has 11 heteroatoms. The minimum atomic E-state index is -3.63. The molecular weight excluding hydrogens is 460 g/mol. The molecule has 2 aromatic rings. The number of nitrogens with one attached hydrogen (secondary N) is 1. The number of hydrogen-bond donors (Lipinski definition) is 1. The van der Waals surface area contributed by atoms with E-state index in [4.69, 9.17) is 21.1 Å². The Morgan fingerprint density at radius 1 is 1.23 bits per heavy atom. The van der Waals surface area contributed by atoms with Gasteiger partial charge in [-0.25, -0.2) is 13.4 Å². The summed E-state index contributed by atoms with van der Waals surface area (Å²) in [6.45, 7) is 1.42. The highest BCUT2D eigenvalue weighted by Gasteiger charge is 2.27. The summed E-state index contributed by atoms with van der Waals surface area (Å²) in [5.41, 5.74) is 5.11. The molecule has 0 atom stereocenters. The Hall–Kier alpha value is -2.11. The molecule has 0 aromatic heterocycles. The molecule has 31 heavy (non-hydrogen) atoms. The van der Waals surface area contributed by atoms with Crippen LogP contribution in [0.1, 0.15) is 5.56 Å². The van der Waals surface area contributed by atoms with Crippen LogP contribution in [0, 0.1) is 0 Å². The van der Waals surface area contributed by atoms with Crippen molar-refractivity contribution in [2.45, 2.75) is 4.90 Å². The summed E-state index contributed by atoms with van der Waals surface area (Å²) in [4.78, 5) is 4.65. The van der Waals surface area contributed by atoms with Crippen molar-refractivity contribution in [1.29, 1.82) is 0 Å². The molecule has 0 bridgehead atoms. The first-order chi connectivity index (χ1) is 15.0. The second kappa shape index (κ2) is 9.58. The number of aliphatic imine (C=N–C) groups is 1. The predicted octanol–water partition coefficient (Wildman–Crippen LogP) is 3.10. The Bertz CT molecular complexity index is 1130. The van der Waals surface area contributed by atoms with Gasteiger partial charge in [-0.1, -0.05) is 35.5 Å². The van der Waals surface area contributed by atoms with E-state index in [9.17, 15) is 8.42 Å². The van der Waals surface area contributed by atoms with E-state index in [1.165, 1.54) is 28.2 Å². The third-order valence-electron chi connectivity index (χ3n) is 4.78. The zero-order chi connectivity index (χ0) is 21.8. The summed E-state index contributed by atoms with van der Waals surface area (Å²) in [6, 6.07) is 12.2. The van der Waals surface area contributed by atoms with Crippen molar-refractivity contribution in [1.82, 2.24) is 9.73 Å². The smallest absolute Gasteiger partial charge is 0.243 e. The second-order valence-corrected chi connectivity index (χ2v) is 10.0. The van der Waals surface area contributed by atoms with Gasteiger partial charge < -0.3 is 9.47 Å². The maximum Gasteiger partial charge on any atom is 0.243 e. The predicted molar refractivity (Wildman–Crippen MR) is 123 cm³/mol. The summed E-state index contributed by atoms with van der Waals surface area (Å²) in [7, 11) is -2.01. The molecule has 0 unspecified atom stereocenters. The van der Waals surface area contributed by atoms with Crippen LogP contribution in [-0.4, -0.2) is 62.8 Å². The number of ether oxygens (including phenoxy) is 2. The number of hydrogen-bond acceptors (Lipinski definition) is 7. The fourth-order valence-electron chi connectivity index (χ4n) is 3.11. The molecule has 1 saturated heterocycles. The van der Waals surface area contributed by atoms with E-state index < -0.39 is 10.0 Å². The standard InChI is InChI=1S/C20H21ClN4O4S2/c1-28-15-4-2-3-14(11-15)19-13-30-20(24-23-19)22-18-12-16(5-6-17(18)21)31(26,27)25-7-9-29-10-8-25/h2-6,11-12H,7-10,13H2,1H3,(H,22,24). The molecule has 0 saturated carbocycles. The Morgan fingerprint density at radius 2 is 2.03 bits per heavy atom. The third kappa shape index (κ3) is 5.04. The first-order valence-electron chi connectivity index (χ1n) is 9.53. The summed E-state index contributed by atoms with van der Waals surface area (Å²) in [5, 5.41) is 5.30. The number of morpholine rings is 1. The van der Waals surface area contributed by atoms with Crippen LogP contribution >= 0.6 is 23.4 Å². The van der Waals surface area contributed by atoms with Crippen LogP contribution in [0.4, 0.5) is 5.69 Å². The lowest BCUT2D eigenvalue weighted by Crippen LogP contribution is -2.40. The molecule has 2 aromatic carbocycles. The Morgan fingerprint density at radius 3 is 2.74 bits per heavy atom. The zero-order valence-corrected chi connectivity index (χ0v) is 19.1. The zero-order valence-electron chi connectivity index (χ0n) is 16.7. The molecule has 164 valence electrons. The largest absolute Gasteiger partial charge is 0.497 e. The highest BCUT2D eigenvalue weighted by atomic mass is 35.5. The van der Waals surface area contributed by atoms with Gasteiger partial charge in [-0.2, -0.15) is 9.41 Å². The fourth-order valence-corrected chi connectivity index (χ4v) is 5.47. The maximum absolute atomic E-state index is 12.9. The van der Waals surface area contributed by atoms with E-state index in [0.717, 1.165) is 17.0 Å². The van der Waals surface area contributed by atoms with Gasteiger partial charge in [0.15, 0.2) is 5.17 Å². The van der Waals surface area contributed by atoms with E-state index >= 15 is 0 Å². The van der Waals surface area contributed by atoms with Gasteiger partial charge in [0.2, 0.25) is 10.0 Å². The summed E-state index contributed by atoms with van der Waals surface area (Å²) < 4.78 is 37.8.